The van der Waals surface area contributed by atoms with Gasteiger partial charge in [0.1, 0.15) is 18.0 Å². The van der Waals surface area contributed by atoms with Crippen molar-refractivity contribution in [2.75, 3.05) is 7.05 Å². The van der Waals surface area contributed by atoms with Crippen LogP contribution >= 0.6 is 0 Å². The molecule has 3 aromatic rings. The lowest BCUT2D eigenvalue weighted by atomic mass is 10.2. The van der Waals surface area contributed by atoms with Crippen LogP contribution in [0.5, 0.6) is 0 Å². The van der Waals surface area contributed by atoms with Crippen molar-refractivity contribution < 1.29 is 4.79 Å². The maximum Gasteiger partial charge on any atom is 0.263 e. The van der Waals surface area contributed by atoms with Gasteiger partial charge in [-0.05, 0) is 13.0 Å². The van der Waals surface area contributed by atoms with E-state index < -0.39 is 0 Å². The summed E-state index contributed by atoms with van der Waals surface area (Å²) < 4.78 is 1.41. The van der Waals surface area contributed by atoms with Crippen LogP contribution in [0.25, 0.3) is 22.4 Å². The average molecular weight is 296 g/mol. The molecule has 22 heavy (non-hydrogen) atoms. The van der Waals surface area contributed by atoms with Gasteiger partial charge in [0.15, 0.2) is 0 Å². The molecular formula is C16H16N4O2. The molecule has 2 N–H and O–H groups in total. The molecule has 1 amide bonds. The van der Waals surface area contributed by atoms with Gasteiger partial charge in [-0.1, -0.05) is 30.3 Å². The first kappa shape index (κ1) is 14.1. The lowest BCUT2D eigenvalue weighted by Gasteiger charge is -2.11. The minimum Gasteiger partial charge on any atom is -0.358 e. The third-order valence-electron chi connectivity index (χ3n) is 3.49. The maximum atomic E-state index is 12.7. The molecule has 2 aromatic heterocycles. The summed E-state index contributed by atoms with van der Waals surface area (Å²) in [6, 6.07) is 11.1. The zero-order valence-corrected chi connectivity index (χ0v) is 12.4. The Bertz CT molecular complexity index is 894. The van der Waals surface area contributed by atoms with Crippen LogP contribution in [0.1, 0.15) is 5.69 Å². The number of nitrogens with one attached hydrogen (secondary N) is 2. The Hall–Kier alpha value is -2.89. The Morgan fingerprint density at radius 1 is 1.32 bits per heavy atom. The molecule has 6 heteroatoms. The first-order chi connectivity index (χ1) is 10.6. The van der Waals surface area contributed by atoms with E-state index in [1.807, 2.05) is 37.3 Å². The van der Waals surface area contributed by atoms with Crippen LogP contribution in [0, 0.1) is 6.92 Å². The highest BCUT2D eigenvalue weighted by Crippen LogP contribution is 2.18. The fraction of sp³-hybridized carbons (Fsp3) is 0.188. The van der Waals surface area contributed by atoms with E-state index in [1.165, 1.54) is 4.57 Å². The lowest BCUT2D eigenvalue weighted by Crippen LogP contribution is -2.31. The molecule has 0 atom stereocenters. The van der Waals surface area contributed by atoms with E-state index in [2.05, 4.69) is 15.3 Å². The summed E-state index contributed by atoms with van der Waals surface area (Å²) in [6.45, 7) is 1.80. The van der Waals surface area contributed by atoms with Crippen LogP contribution in [-0.4, -0.2) is 27.5 Å². The van der Waals surface area contributed by atoms with Gasteiger partial charge >= 0.3 is 0 Å². The van der Waals surface area contributed by atoms with Gasteiger partial charge in [-0.25, -0.2) is 4.98 Å². The number of amides is 1. The normalized spacial score (nSPS) is 10.8. The fourth-order valence-electron chi connectivity index (χ4n) is 2.41. The fourth-order valence-corrected chi connectivity index (χ4v) is 2.41. The Labute approximate surface area is 126 Å². The molecule has 0 aliphatic carbocycles. The van der Waals surface area contributed by atoms with Gasteiger partial charge in [-0.3, -0.25) is 14.2 Å². The van der Waals surface area contributed by atoms with Crippen molar-refractivity contribution in [3.05, 3.63) is 52.4 Å². The molecule has 0 saturated heterocycles. The number of hydrogen-bond donors (Lipinski definition) is 2. The highest BCUT2D eigenvalue weighted by molar-refractivity contribution is 5.80. The number of rotatable bonds is 3. The van der Waals surface area contributed by atoms with Crippen molar-refractivity contribution in [2.45, 2.75) is 13.5 Å². The van der Waals surface area contributed by atoms with Crippen molar-refractivity contribution >= 4 is 16.9 Å². The Balaban J connectivity index is 2.30. The van der Waals surface area contributed by atoms with E-state index in [1.54, 1.807) is 13.1 Å². The van der Waals surface area contributed by atoms with Crippen LogP contribution in [0.4, 0.5) is 0 Å². The van der Waals surface area contributed by atoms with Crippen molar-refractivity contribution in [2.24, 2.45) is 0 Å². The Morgan fingerprint density at radius 2 is 2.05 bits per heavy atom. The number of H-pyrrole nitrogens is 1. The molecule has 112 valence electrons. The molecule has 0 fully saturated rings. The number of aryl methyl sites for hydroxylation is 1. The molecular weight excluding hydrogens is 280 g/mol. The van der Waals surface area contributed by atoms with E-state index in [0.29, 0.717) is 16.9 Å². The van der Waals surface area contributed by atoms with E-state index in [9.17, 15) is 9.59 Å². The third-order valence-corrected chi connectivity index (χ3v) is 3.49. The zero-order valence-electron chi connectivity index (χ0n) is 12.4. The van der Waals surface area contributed by atoms with Crippen molar-refractivity contribution in [1.29, 1.82) is 0 Å². The van der Waals surface area contributed by atoms with Gasteiger partial charge in [0.25, 0.3) is 5.56 Å². The van der Waals surface area contributed by atoms with Crippen LogP contribution in [0.3, 0.4) is 0 Å². The van der Waals surface area contributed by atoms with Gasteiger partial charge in [0.05, 0.1) is 5.39 Å². The van der Waals surface area contributed by atoms with E-state index in [-0.39, 0.29) is 18.0 Å². The van der Waals surface area contributed by atoms with Crippen molar-refractivity contribution in [3.63, 3.8) is 0 Å². The molecule has 0 aliphatic rings. The van der Waals surface area contributed by atoms with E-state index in [4.69, 9.17) is 0 Å². The number of carbonyl (C=O) groups excluding carboxylic acids is 1. The summed E-state index contributed by atoms with van der Waals surface area (Å²) >= 11 is 0. The van der Waals surface area contributed by atoms with Gasteiger partial charge in [0, 0.05) is 18.3 Å². The third kappa shape index (κ3) is 2.39. The van der Waals surface area contributed by atoms with E-state index in [0.717, 1.165) is 11.3 Å². The summed E-state index contributed by atoms with van der Waals surface area (Å²) in [5.74, 6) is 0.233. The smallest absolute Gasteiger partial charge is 0.263 e. The van der Waals surface area contributed by atoms with Crippen LogP contribution in [-0.2, 0) is 11.3 Å². The molecule has 1 aromatic carbocycles. The molecule has 2 heterocycles. The molecule has 0 aliphatic heterocycles. The summed E-state index contributed by atoms with van der Waals surface area (Å²) in [5.41, 5.74) is 1.96. The Morgan fingerprint density at radius 3 is 2.73 bits per heavy atom. The molecule has 0 bridgehead atoms. The van der Waals surface area contributed by atoms with E-state index >= 15 is 0 Å². The highest BCUT2D eigenvalue weighted by atomic mass is 16.2. The maximum absolute atomic E-state index is 12.7. The lowest BCUT2D eigenvalue weighted by molar-refractivity contribution is -0.121. The van der Waals surface area contributed by atoms with Crippen LogP contribution in [0.15, 0.2) is 41.2 Å². The first-order valence-electron chi connectivity index (χ1n) is 6.96. The number of benzene rings is 1. The predicted octanol–water partition coefficient (Wildman–Crippen LogP) is 1.45. The van der Waals surface area contributed by atoms with Gasteiger partial charge in [-0.15, -0.1) is 0 Å². The molecule has 0 spiro atoms. The van der Waals surface area contributed by atoms with Gasteiger partial charge in [0.2, 0.25) is 5.91 Å². The second-order valence-corrected chi connectivity index (χ2v) is 5.08. The zero-order chi connectivity index (χ0) is 15.7. The molecule has 6 nitrogen and oxygen atoms in total. The van der Waals surface area contributed by atoms with Crippen LogP contribution in [0.2, 0.25) is 0 Å². The topological polar surface area (TPSA) is 79.8 Å². The SMILES string of the molecule is CNC(=O)Cn1c(-c2ccccc2)nc2[nH]c(C)cc2c1=O. The molecule has 0 radical (unpaired) electrons. The van der Waals surface area contributed by atoms with Crippen molar-refractivity contribution in [1.82, 2.24) is 19.9 Å². The molecule has 0 unspecified atom stereocenters. The second-order valence-electron chi connectivity index (χ2n) is 5.08. The summed E-state index contributed by atoms with van der Waals surface area (Å²) in [7, 11) is 1.54. The number of aromatic amines is 1. The molecule has 0 saturated carbocycles. The predicted molar refractivity (Wildman–Crippen MR) is 84.6 cm³/mol. The van der Waals surface area contributed by atoms with Crippen LogP contribution < -0.4 is 10.9 Å². The first-order valence-corrected chi connectivity index (χ1v) is 6.96. The number of hydrogen-bond acceptors (Lipinski definition) is 3. The summed E-state index contributed by atoms with van der Waals surface area (Å²) in [5, 5.41) is 3.03. The number of likely N-dealkylation sites (N-methyl/N-ethyl adjacent to an activating group) is 1. The monoisotopic (exact) mass is 296 g/mol. The number of nitrogens with zero attached hydrogens (tertiary/aromatic N) is 2. The standard InChI is InChI=1S/C16H16N4O2/c1-10-8-12-14(18-10)19-15(11-6-4-3-5-7-11)20(16(12)22)9-13(21)17-2/h3-8,18H,9H2,1-2H3,(H,17,21). The van der Waals surface area contributed by atoms with Crippen molar-refractivity contribution in [3.8, 4) is 11.4 Å². The van der Waals surface area contributed by atoms with Gasteiger partial charge < -0.3 is 10.3 Å². The second kappa shape index (κ2) is 5.48. The minimum atomic E-state index is -0.243. The highest BCUT2D eigenvalue weighted by Gasteiger charge is 2.16. The minimum absolute atomic E-state index is 0.0628. The summed E-state index contributed by atoms with van der Waals surface area (Å²) in [4.78, 5) is 32.1. The average Bonchev–Trinajstić information content (AvgIpc) is 2.91. The number of aromatic nitrogens is 3. The number of carbonyl (C=O) groups is 1. The Kier molecular flexibility index (Phi) is 3.50. The largest absolute Gasteiger partial charge is 0.358 e. The quantitative estimate of drug-likeness (QED) is 0.767. The van der Waals surface area contributed by atoms with Gasteiger partial charge in [-0.2, -0.15) is 0 Å². The number of fused-ring (bicyclic) bond motifs is 1. The summed E-state index contributed by atoms with van der Waals surface area (Å²) in [6.07, 6.45) is 0. The molecule has 3 rings (SSSR count).